The van der Waals surface area contributed by atoms with E-state index in [0.717, 1.165) is 21.7 Å². The highest BCUT2D eigenvalue weighted by molar-refractivity contribution is 6.27. The maximum absolute atomic E-state index is 7.73. The second-order valence-corrected chi connectivity index (χ2v) is 6.70. The summed E-state index contributed by atoms with van der Waals surface area (Å²) in [6.45, 7) is 2.35. The van der Waals surface area contributed by atoms with Crippen LogP contribution >= 0.6 is 0 Å². The smallest absolute Gasteiger partial charge is 0.0787 e. The van der Waals surface area contributed by atoms with Crippen molar-refractivity contribution in [3.8, 4) is 0 Å². The van der Waals surface area contributed by atoms with E-state index in [1.54, 1.807) is 6.07 Å². The Balaban J connectivity index is 2.10. The van der Waals surface area contributed by atoms with E-state index in [4.69, 9.17) is 4.11 Å². The lowest BCUT2D eigenvalue weighted by molar-refractivity contribution is 0.663. The Bertz CT molecular complexity index is 1200. The molecule has 1 aromatic heterocycles. The van der Waals surface area contributed by atoms with E-state index in [9.17, 15) is 0 Å². The zero-order valence-corrected chi connectivity index (χ0v) is 12.6. The molecule has 0 saturated heterocycles. The predicted octanol–water partition coefficient (Wildman–Crippen LogP) is 5.49. The molecule has 22 heavy (non-hydrogen) atoms. The van der Waals surface area contributed by atoms with Gasteiger partial charge in [-0.25, -0.2) is 0 Å². The lowest BCUT2D eigenvalue weighted by atomic mass is 9.82. The van der Waals surface area contributed by atoms with Gasteiger partial charge in [0, 0.05) is 26.5 Å². The molecule has 0 N–H and O–H groups in total. The fourth-order valence-electron chi connectivity index (χ4n) is 4.14. The van der Waals surface area contributed by atoms with Gasteiger partial charge in [0.1, 0.15) is 0 Å². The molecule has 1 nitrogen and oxygen atoms in total. The molecule has 0 fully saturated rings. The van der Waals surface area contributed by atoms with Crippen molar-refractivity contribution in [2.24, 2.45) is 0 Å². The SMILES string of the molecule is [2H]C([2H])([2H])c1cnc2c(c1)c1cccc3c1c1c(cccc21)C3(C)C. The summed E-state index contributed by atoms with van der Waals surface area (Å²) >= 11 is 0. The second kappa shape index (κ2) is 3.67. The van der Waals surface area contributed by atoms with Gasteiger partial charge < -0.3 is 0 Å². The van der Waals surface area contributed by atoms with Crippen LogP contribution in [0.3, 0.4) is 0 Å². The maximum Gasteiger partial charge on any atom is 0.0787 e. The van der Waals surface area contributed by atoms with Crippen molar-refractivity contribution in [3.05, 3.63) is 65.4 Å². The molecule has 0 saturated carbocycles. The Labute approximate surface area is 133 Å². The van der Waals surface area contributed by atoms with Gasteiger partial charge in [-0.05, 0) is 45.8 Å². The average molecular weight is 286 g/mol. The minimum atomic E-state index is -2.15. The minimum Gasteiger partial charge on any atom is -0.255 e. The van der Waals surface area contributed by atoms with E-state index in [-0.39, 0.29) is 5.41 Å². The standard InChI is InChI=1S/C21H17N/c1-12-10-15-13-6-4-8-16-18(13)19-14(20(15)22-11-12)7-5-9-17(19)21(16,2)3/h4-11H,1-3H3/i1D3. The van der Waals surface area contributed by atoms with Crippen LogP contribution in [-0.4, -0.2) is 4.98 Å². The summed E-state index contributed by atoms with van der Waals surface area (Å²) in [7, 11) is 0. The van der Waals surface area contributed by atoms with Crippen molar-refractivity contribution in [1.29, 1.82) is 0 Å². The fraction of sp³-hybridized carbons (Fsp3) is 0.190. The van der Waals surface area contributed by atoms with Gasteiger partial charge in [0.05, 0.1) is 5.52 Å². The van der Waals surface area contributed by atoms with Crippen molar-refractivity contribution in [1.82, 2.24) is 4.98 Å². The maximum atomic E-state index is 7.73. The number of rotatable bonds is 0. The van der Waals surface area contributed by atoms with E-state index in [0.29, 0.717) is 5.56 Å². The van der Waals surface area contributed by atoms with Gasteiger partial charge in [-0.3, -0.25) is 4.98 Å². The van der Waals surface area contributed by atoms with Gasteiger partial charge in [-0.2, -0.15) is 0 Å². The number of nitrogens with zero attached hydrogens (tertiary/aromatic N) is 1. The van der Waals surface area contributed by atoms with Gasteiger partial charge in [0.15, 0.2) is 0 Å². The Morgan fingerprint density at radius 3 is 2.32 bits per heavy atom. The molecule has 3 aromatic carbocycles. The Hall–Kier alpha value is -2.41. The molecule has 4 aromatic rings. The first-order chi connectivity index (χ1) is 11.8. The highest BCUT2D eigenvalue weighted by atomic mass is 14.7. The van der Waals surface area contributed by atoms with Crippen LogP contribution in [0.4, 0.5) is 0 Å². The van der Waals surface area contributed by atoms with Crippen LogP contribution in [0.25, 0.3) is 32.4 Å². The number of hydrogen-bond donors (Lipinski definition) is 0. The van der Waals surface area contributed by atoms with Crippen LogP contribution in [0, 0.1) is 6.85 Å². The van der Waals surface area contributed by atoms with E-state index >= 15 is 0 Å². The normalized spacial score (nSPS) is 18.0. The molecule has 0 radical (unpaired) electrons. The van der Waals surface area contributed by atoms with Crippen LogP contribution in [-0.2, 0) is 5.41 Å². The number of pyridine rings is 1. The number of aryl methyl sites for hydroxylation is 1. The molecule has 1 aliphatic rings. The molecule has 0 unspecified atom stereocenters. The van der Waals surface area contributed by atoms with E-state index in [1.165, 1.54) is 28.1 Å². The number of aromatic nitrogens is 1. The molecule has 106 valence electrons. The lowest BCUT2D eigenvalue weighted by Gasteiger charge is -2.21. The van der Waals surface area contributed by atoms with Crippen LogP contribution < -0.4 is 0 Å². The minimum absolute atomic E-state index is 0.0639. The summed E-state index contributed by atoms with van der Waals surface area (Å²) in [6.07, 6.45) is 1.50. The van der Waals surface area contributed by atoms with Crippen molar-refractivity contribution in [2.75, 3.05) is 0 Å². The summed E-state index contributed by atoms with van der Waals surface area (Å²) < 4.78 is 23.2. The molecular formula is C21H17N. The zero-order valence-electron chi connectivity index (χ0n) is 15.6. The third-order valence-electron chi connectivity index (χ3n) is 5.16. The van der Waals surface area contributed by atoms with E-state index in [1.807, 2.05) is 0 Å². The van der Waals surface area contributed by atoms with Gasteiger partial charge in [0.25, 0.3) is 0 Å². The molecule has 0 atom stereocenters. The van der Waals surface area contributed by atoms with Crippen molar-refractivity contribution in [3.63, 3.8) is 0 Å². The Morgan fingerprint density at radius 2 is 1.59 bits per heavy atom. The largest absolute Gasteiger partial charge is 0.255 e. The van der Waals surface area contributed by atoms with Crippen molar-refractivity contribution >= 4 is 32.4 Å². The number of hydrogen-bond acceptors (Lipinski definition) is 1. The molecule has 0 amide bonds. The van der Waals surface area contributed by atoms with Crippen LogP contribution in [0.15, 0.2) is 48.7 Å². The summed E-state index contributed by atoms with van der Waals surface area (Å²) in [5.74, 6) is 0. The molecule has 1 heteroatoms. The van der Waals surface area contributed by atoms with Gasteiger partial charge in [0.2, 0.25) is 0 Å². The molecule has 1 aliphatic carbocycles. The highest BCUT2D eigenvalue weighted by Crippen LogP contribution is 2.50. The zero-order chi connectivity index (χ0) is 17.6. The summed E-state index contributed by atoms with van der Waals surface area (Å²) in [4.78, 5) is 4.58. The van der Waals surface area contributed by atoms with Gasteiger partial charge >= 0.3 is 0 Å². The third-order valence-corrected chi connectivity index (χ3v) is 5.16. The molecule has 0 aliphatic heterocycles. The number of benzene rings is 3. The first-order valence-electron chi connectivity index (χ1n) is 9.09. The average Bonchev–Trinajstić information content (AvgIpc) is 2.82. The monoisotopic (exact) mass is 286 g/mol. The predicted molar refractivity (Wildman–Crippen MR) is 93.6 cm³/mol. The molecular weight excluding hydrogens is 266 g/mol. The lowest BCUT2D eigenvalue weighted by Crippen LogP contribution is -2.14. The topological polar surface area (TPSA) is 12.9 Å². The van der Waals surface area contributed by atoms with E-state index in [2.05, 4.69) is 55.2 Å². The Kier molecular flexibility index (Phi) is 1.60. The van der Waals surface area contributed by atoms with Gasteiger partial charge in [-0.1, -0.05) is 50.2 Å². The van der Waals surface area contributed by atoms with Gasteiger partial charge in [-0.15, -0.1) is 0 Å². The summed E-state index contributed by atoms with van der Waals surface area (Å²) in [6, 6.07) is 14.5. The highest BCUT2D eigenvalue weighted by Gasteiger charge is 2.34. The molecule has 1 heterocycles. The molecule has 0 spiro atoms. The summed E-state index contributed by atoms with van der Waals surface area (Å²) in [5, 5.41) is 5.63. The first kappa shape index (κ1) is 9.58. The first-order valence-corrected chi connectivity index (χ1v) is 7.59. The van der Waals surface area contributed by atoms with E-state index < -0.39 is 6.85 Å². The van der Waals surface area contributed by atoms with Crippen LogP contribution in [0.2, 0.25) is 0 Å². The quantitative estimate of drug-likeness (QED) is 0.389. The molecule has 0 bridgehead atoms. The second-order valence-electron chi connectivity index (χ2n) is 6.70. The van der Waals surface area contributed by atoms with Crippen LogP contribution in [0.5, 0.6) is 0 Å². The third kappa shape index (κ3) is 1.24. The van der Waals surface area contributed by atoms with Crippen molar-refractivity contribution < 1.29 is 4.11 Å². The summed E-state index contributed by atoms with van der Waals surface area (Å²) in [5.41, 5.74) is 3.73. The fourth-order valence-corrected chi connectivity index (χ4v) is 4.14. The Morgan fingerprint density at radius 1 is 0.909 bits per heavy atom. The molecule has 5 rings (SSSR count). The van der Waals surface area contributed by atoms with Crippen LogP contribution in [0.1, 0.15) is 34.7 Å². The number of fused-ring (bicyclic) bond motifs is 3. The van der Waals surface area contributed by atoms with Crippen molar-refractivity contribution in [2.45, 2.75) is 26.1 Å².